The van der Waals surface area contributed by atoms with Gasteiger partial charge in [-0.25, -0.2) is 23.8 Å². The van der Waals surface area contributed by atoms with Crippen molar-refractivity contribution >= 4 is 27.6 Å². The fraction of sp³-hybridized carbons (Fsp3) is 0.344. The number of amides is 1. The molecule has 4 unspecified atom stereocenters. The molecule has 2 aromatic rings. The van der Waals surface area contributed by atoms with Gasteiger partial charge in [0.15, 0.2) is 0 Å². The second-order valence-electron chi connectivity index (χ2n) is 11.1. The topological polar surface area (TPSA) is 151 Å². The fourth-order valence-corrected chi connectivity index (χ4v) is 6.78. The van der Waals surface area contributed by atoms with Gasteiger partial charge in [-0.05, 0) is 56.6 Å². The molecule has 2 aliphatic heterocycles. The number of hydrazone groups is 1. The van der Waals surface area contributed by atoms with E-state index in [1.54, 1.807) is 19.1 Å². The minimum absolute atomic E-state index is 0.0433. The van der Waals surface area contributed by atoms with Crippen LogP contribution in [-0.2, 0) is 19.6 Å². The molecule has 10 nitrogen and oxygen atoms in total. The number of primary sulfonamides is 1. The second kappa shape index (κ2) is 13.1. The number of piperidine rings is 1. The Hall–Kier alpha value is -4.06. The number of carbonyl (C=O) groups excluding carboxylic acids is 2. The first kappa shape index (κ1) is 30.4. The van der Waals surface area contributed by atoms with E-state index >= 15 is 0 Å². The molecule has 3 aliphatic rings. The summed E-state index contributed by atoms with van der Waals surface area (Å²) in [4.78, 5) is 28.7. The molecule has 4 N–H and O–H groups in total. The molecule has 2 heterocycles. The van der Waals surface area contributed by atoms with E-state index in [-0.39, 0.29) is 21.8 Å². The Morgan fingerprint density at radius 2 is 1.74 bits per heavy atom. The normalized spacial score (nSPS) is 22.5. The average molecular weight is 605 g/mol. The minimum atomic E-state index is -4.15. The van der Waals surface area contributed by atoms with Gasteiger partial charge in [-0.3, -0.25) is 4.79 Å². The molecule has 0 saturated carbocycles. The molecule has 0 aromatic heterocycles. The number of nitrogens with zero attached hydrogens (tertiary/aromatic N) is 2. The van der Waals surface area contributed by atoms with Crippen molar-refractivity contribution in [2.75, 3.05) is 19.6 Å². The van der Waals surface area contributed by atoms with Crippen molar-refractivity contribution < 1.29 is 27.9 Å². The van der Waals surface area contributed by atoms with Crippen molar-refractivity contribution in [2.45, 2.75) is 43.1 Å². The number of hydrogen-bond donors (Lipinski definition) is 3. The van der Waals surface area contributed by atoms with E-state index in [2.05, 4.69) is 15.4 Å². The maximum absolute atomic E-state index is 13.6. The second-order valence-corrected chi connectivity index (χ2v) is 12.6. The minimum Gasteiger partial charge on any atom is -0.511 e. The van der Waals surface area contributed by atoms with Crippen LogP contribution in [0.5, 0.6) is 0 Å². The molecule has 226 valence electrons. The predicted molar refractivity (Wildman–Crippen MR) is 163 cm³/mol. The molecule has 0 bridgehead atoms. The van der Waals surface area contributed by atoms with Crippen molar-refractivity contribution in [3.05, 3.63) is 101 Å². The van der Waals surface area contributed by atoms with Gasteiger partial charge in [-0.1, -0.05) is 67.1 Å². The van der Waals surface area contributed by atoms with E-state index in [9.17, 15) is 23.1 Å². The quantitative estimate of drug-likeness (QED) is 0.224. The zero-order valence-electron chi connectivity index (χ0n) is 23.9. The SMILES string of the molecule is C/C(=N/NC(=O)c1ccccc1S(N)(=O)=O)C(CN1CCCCC1)C(C1=C(O)C2C=CC=CC2OC1=O)c1ccccc1. The third-order valence-corrected chi connectivity index (χ3v) is 9.19. The lowest BCUT2D eigenvalue weighted by Crippen LogP contribution is -2.43. The number of esters is 1. The molecule has 1 fully saturated rings. The number of allylic oxidation sites excluding steroid dienone is 2. The van der Waals surface area contributed by atoms with Crippen LogP contribution in [0.1, 0.15) is 48.0 Å². The van der Waals surface area contributed by atoms with Gasteiger partial charge in [0.1, 0.15) is 11.9 Å². The van der Waals surface area contributed by atoms with Gasteiger partial charge in [-0.15, -0.1) is 0 Å². The number of carbonyl (C=O) groups is 2. The number of fused-ring (bicyclic) bond motifs is 1. The first-order valence-corrected chi connectivity index (χ1v) is 15.9. The van der Waals surface area contributed by atoms with Crippen LogP contribution in [0, 0.1) is 11.8 Å². The molecule has 43 heavy (non-hydrogen) atoms. The summed E-state index contributed by atoms with van der Waals surface area (Å²) in [5, 5.41) is 21.3. The van der Waals surface area contributed by atoms with E-state index in [1.165, 1.54) is 24.3 Å². The van der Waals surface area contributed by atoms with Gasteiger partial charge >= 0.3 is 5.97 Å². The summed E-state index contributed by atoms with van der Waals surface area (Å²) < 4.78 is 30.0. The number of nitrogens with two attached hydrogens (primary N) is 1. The van der Waals surface area contributed by atoms with Crippen LogP contribution >= 0.6 is 0 Å². The molecule has 11 heteroatoms. The first-order chi connectivity index (χ1) is 20.6. The largest absolute Gasteiger partial charge is 0.511 e. The molecular weight excluding hydrogens is 568 g/mol. The zero-order valence-corrected chi connectivity index (χ0v) is 24.7. The maximum Gasteiger partial charge on any atom is 0.338 e. The van der Waals surface area contributed by atoms with E-state index in [4.69, 9.17) is 9.88 Å². The monoisotopic (exact) mass is 604 g/mol. The van der Waals surface area contributed by atoms with Crippen molar-refractivity contribution in [1.29, 1.82) is 0 Å². The molecule has 0 radical (unpaired) electrons. The van der Waals surface area contributed by atoms with Crippen LogP contribution in [0.25, 0.3) is 0 Å². The smallest absolute Gasteiger partial charge is 0.338 e. The number of nitrogens with one attached hydrogen (secondary N) is 1. The Labute approximate surface area is 251 Å². The first-order valence-electron chi connectivity index (χ1n) is 14.4. The van der Waals surface area contributed by atoms with Crippen molar-refractivity contribution in [1.82, 2.24) is 10.3 Å². The van der Waals surface area contributed by atoms with Gasteiger partial charge in [0.05, 0.1) is 21.9 Å². The van der Waals surface area contributed by atoms with Gasteiger partial charge in [0, 0.05) is 24.1 Å². The molecular formula is C32H36N4O6S. The van der Waals surface area contributed by atoms with Crippen LogP contribution in [-0.4, -0.2) is 61.8 Å². The Balaban J connectivity index is 1.57. The van der Waals surface area contributed by atoms with E-state index < -0.39 is 45.8 Å². The summed E-state index contributed by atoms with van der Waals surface area (Å²) in [6.07, 6.45) is 9.79. The number of sulfonamides is 1. The van der Waals surface area contributed by atoms with Gasteiger partial charge in [0.25, 0.3) is 5.91 Å². The Morgan fingerprint density at radius 3 is 2.47 bits per heavy atom. The summed E-state index contributed by atoms with van der Waals surface area (Å²) in [5.41, 5.74) is 3.82. The predicted octanol–water partition coefficient (Wildman–Crippen LogP) is 3.81. The summed E-state index contributed by atoms with van der Waals surface area (Å²) in [6, 6.07) is 15.1. The van der Waals surface area contributed by atoms with Crippen LogP contribution in [0.4, 0.5) is 0 Å². The molecule has 5 rings (SSSR count). The molecule has 2 aromatic carbocycles. The lowest BCUT2D eigenvalue weighted by Gasteiger charge is -2.38. The van der Waals surface area contributed by atoms with Gasteiger partial charge < -0.3 is 14.7 Å². The van der Waals surface area contributed by atoms with Crippen molar-refractivity contribution in [2.24, 2.45) is 22.1 Å². The van der Waals surface area contributed by atoms with Crippen LogP contribution in [0.3, 0.4) is 0 Å². The molecule has 0 spiro atoms. The lowest BCUT2D eigenvalue weighted by atomic mass is 9.74. The van der Waals surface area contributed by atoms with E-state index in [0.717, 1.165) is 37.9 Å². The Morgan fingerprint density at radius 1 is 1.07 bits per heavy atom. The van der Waals surface area contributed by atoms with E-state index in [1.807, 2.05) is 42.5 Å². The Bertz CT molecular complexity index is 1590. The van der Waals surface area contributed by atoms with Crippen LogP contribution < -0.4 is 10.6 Å². The molecule has 4 atom stereocenters. The molecule has 1 amide bonds. The Kier molecular flexibility index (Phi) is 9.24. The number of likely N-dealkylation sites (tertiary alicyclic amines) is 1. The number of aliphatic hydroxyl groups excluding tert-OH is 1. The summed E-state index contributed by atoms with van der Waals surface area (Å²) in [7, 11) is -4.15. The number of hydrogen-bond acceptors (Lipinski definition) is 8. The van der Waals surface area contributed by atoms with Crippen LogP contribution in [0.15, 0.2) is 100 Å². The highest BCUT2D eigenvalue weighted by atomic mass is 32.2. The average Bonchev–Trinajstić information content (AvgIpc) is 3.01. The fourth-order valence-electron chi connectivity index (χ4n) is 6.05. The standard InChI is InChI=1S/C32H36N4O6S/c1-21(34-35-31(38)24-15-7-9-17-27(24)43(33,40)41)25(20-36-18-10-3-11-19-36)28(22-12-4-2-5-13-22)29-30(37)23-14-6-8-16-26(23)42-32(29)39/h2,4-9,12-17,23,25-26,28,37H,3,10-11,18-20H2,1H3,(H,35,38)(H2,33,40,41)/b34-21-. The third kappa shape index (κ3) is 6.79. The van der Waals surface area contributed by atoms with Crippen molar-refractivity contribution in [3.8, 4) is 0 Å². The molecule has 1 aliphatic carbocycles. The maximum atomic E-state index is 13.6. The molecule has 1 saturated heterocycles. The summed E-state index contributed by atoms with van der Waals surface area (Å²) >= 11 is 0. The lowest BCUT2D eigenvalue weighted by molar-refractivity contribution is -0.146. The third-order valence-electron chi connectivity index (χ3n) is 8.22. The number of aliphatic hydroxyl groups is 1. The van der Waals surface area contributed by atoms with E-state index in [0.29, 0.717) is 12.3 Å². The highest BCUT2D eigenvalue weighted by molar-refractivity contribution is 7.89. The zero-order chi connectivity index (χ0) is 30.6. The highest BCUT2D eigenvalue weighted by Gasteiger charge is 2.43. The summed E-state index contributed by atoms with van der Waals surface area (Å²) in [5.74, 6) is -3.00. The van der Waals surface area contributed by atoms with Gasteiger partial charge in [-0.2, -0.15) is 5.10 Å². The number of rotatable bonds is 9. The number of benzene rings is 2. The van der Waals surface area contributed by atoms with Crippen molar-refractivity contribution in [3.63, 3.8) is 0 Å². The summed E-state index contributed by atoms with van der Waals surface area (Å²) in [6.45, 7) is 4.00. The highest BCUT2D eigenvalue weighted by Crippen LogP contribution is 2.42. The van der Waals surface area contributed by atoms with Gasteiger partial charge in [0.2, 0.25) is 10.0 Å². The number of ether oxygens (including phenoxy) is 1. The van der Waals surface area contributed by atoms with Crippen LogP contribution in [0.2, 0.25) is 0 Å².